The first-order chi connectivity index (χ1) is 12.2. The predicted molar refractivity (Wildman–Crippen MR) is 100 cm³/mol. The van der Waals surface area contributed by atoms with Crippen LogP contribution in [0.25, 0.3) is 10.9 Å². The zero-order chi connectivity index (χ0) is 17.2. The fourth-order valence-electron chi connectivity index (χ4n) is 2.95. The van der Waals surface area contributed by atoms with Crippen LogP contribution in [0.15, 0.2) is 30.6 Å². The molecule has 0 spiro atoms. The summed E-state index contributed by atoms with van der Waals surface area (Å²) in [4.78, 5) is 9.20. The topological polar surface area (TPSA) is 93.7 Å². The molecule has 0 atom stereocenters. The van der Waals surface area contributed by atoms with Crippen LogP contribution in [-0.4, -0.2) is 32.8 Å². The highest BCUT2D eigenvalue weighted by molar-refractivity contribution is 5.83. The van der Waals surface area contributed by atoms with Crippen molar-refractivity contribution in [2.75, 3.05) is 23.7 Å². The molecule has 4 N–H and O–H groups in total. The molecule has 1 aromatic carbocycles. The number of nitrogens with one attached hydrogen (secondary N) is 2. The molecule has 7 nitrogen and oxygen atoms in total. The molecule has 25 heavy (non-hydrogen) atoms. The lowest BCUT2D eigenvalue weighted by atomic mass is 10.2. The molecule has 4 rings (SSSR count). The smallest absolute Gasteiger partial charge is 0.229 e. The van der Waals surface area contributed by atoms with E-state index in [0.717, 1.165) is 35.4 Å². The van der Waals surface area contributed by atoms with Crippen LogP contribution in [-0.2, 0) is 7.05 Å². The normalized spacial score (nSPS) is 14.0. The summed E-state index contributed by atoms with van der Waals surface area (Å²) < 4.78 is 1.86. The third-order valence-electron chi connectivity index (χ3n) is 4.51. The lowest BCUT2D eigenvalue weighted by Gasteiger charge is -2.12. The first-order valence-electron chi connectivity index (χ1n) is 8.74. The standard InChI is InChI=1S/C18H23N7/c1-25-16-9-14(6-5-13(16)10-22-25)23-18-21-11-15(12-3-4-12)17(24-18)20-8-2-7-19/h5-6,9-12H,2-4,7-8,19H2,1H3,(H2,20,21,23,24). The van der Waals surface area contributed by atoms with Gasteiger partial charge in [-0.25, -0.2) is 4.98 Å². The summed E-state index contributed by atoms with van der Waals surface area (Å²) >= 11 is 0. The van der Waals surface area contributed by atoms with Crippen LogP contribution >= 0.6 is 0 Å². The van der Waals surface area contributed by atoms with Crippen molar-refractivity contribution in [3.05, 3.63) is 36.2 Å². The molecule has 2 aromatic heterocycles. The van der Waals surface area contributed by atoms with Gasteiger partial charge in [-0.2, -0.15) is 10.1 Å². The SMILES string of the molecule is Cn1ncc2ccc(Nc3ncc(C4CC4)c(NCCCN)n3)cc21. The lowest BCUT2D eigenvalue weighted by molar-refractivity contribution is 0.797. The van der Waals surface area contributed by atoms with E-state index in [-0.39, 0.29) is 0 Å². The second kappa shape index (κ2) is 6.68. The Bertz CT molecular complexity index is 882. The maximum Gasteiger partial charge on any atom is 0.229 e. The van der Waals surface area contributed by atoms with Gasteiger partial charge in [-0.15, -0.1) is 0 Å². The van der Waals surface area contributed by atoms with Crippen molar-refractivity contribution in [1.29, 1.82) is 0 Å². The van der Waals surface area contributed by atoms with Crippen LogP contribution in [0, 0.1) is 0 Å². The predicted octanol–water partition coefficient (Wildman–Crippen LogP) is 2.75. The van der Waals surface area contributed by atoms with Crippen LogP contribution in [0.1, 0.15) is 30.7 Å². The number of nitrogens with two attached hydrogens (primary N) is 1. The van der Waals surface area contributed by atoms with Crippen molar-refractivity contribution in [3.63, 3.8) is 0 Å². The first-order valence-corrected chi connectivity index (χ1v) is 8.74. The van der Waals surface area contributed by atoms with Gasteiger partial charge >= 0.3 is 0 Å². The molecule has 7 heteroatoms. The van der Waals surface area contributed by atoms with Gasteiger partial charge in [0.2, 0.25) is 5.95 Å². The van der Waals surface area contributed by atoms with Crippen LogP contribution in [0.4, 0.5) is 17.5 Å². The van der Waals surface area contributed by atoms with Gasteiger partial charge in [0.25, 0.3) is 0 Å². The van der Waals surface area contributed by atoms with Crippen LogP contribution < -0.4 is 16.4 Å². The van der Waals surface area contributed by atoms with Crippen molar-refractivity contribution in [2.24, 2.45) is 12.8 Å². The van der Waals surface area contributed by atoms with Crippen LogP contribution in [0.5, 0.6) is 0 Å². The highest BCUT2D eigenvalue weighted by atomic mass is 15.2. The molecule has 1 aliphatic rings. The zero-order valence-electron chi connectivity index (χ0n) is 14.4. The van der Waals surface area contributed by atoms with E-state index in [9.17, 15) is 0 Å². The van der Waals surface area contributed by atoms with Gasteiger partial charge in [0.1, 0.15) is 5.82 Å². The van der Waals surface area contributed by atoms with E-state index in [1.165, 1.54) is 18.4 Å². The lowest BCUT2D eigenvalue weighted by Crippen LogP contribution is -2.12. The summed E-state index contributed by atoms with van der Waals surface area (Å²) in [5.41, 5.74) is 8.82. The van der Waals surface area contributed by atoms with Gasteiger partial charge in [0.15, 0.2) is 0 Å². The molecular formula is C18H23N7. The molecule has 130 valence electrons. The fourth-order valence-corrected chi connectivity index (χ4v) is 2.95. The van der Waals surface area contributed by atoms with Crippen molar-refractivity contribution in [2.45, 2.75) is 25.2 Å². The second-order valence-electron chi connectivity index (χ2n) is 6.51. The third kappa shape index (κ3) is 3.41. The Labute approximate surface area is 146 Å². The van der Waals surface area contributed by atoms with Crippen molar-refractivity contribution in [3.8, 4) is 0 Å². The minimum Gasteiger partial charge on any atom is -0.370 e. The molecule has 0 bridgehead atoms. The van der Waals surface area contributed by atoms with E-state index in [0.29, 0.717) is 18.4 Å². The van der Waals surface area contributed by atoms with Gasteiger partial charge in [0.05, 0.1) is 11.7 Å². The number of benzene rings is 1. The molecular weight excluding hydrogens is 314 g/mol. The Hall–Kier alpha value is -2.67. The quantitative estimate of drug-likeness (QED) is 0.574. The molecule has 2 heterocycles. The summed E-state index contributed by atoms with van der Waals surface area (Å²) in [5.74, 6) is 2.12. The Morgan fingerprint density at radius 3 is 2.96 bits per heavy atom. The molecule has 1 saturated carbocycles. The molecule has 1 fully saturated rings. The van der Waals surface area contributed by atoms with E-state index >= 15 is 0 Å². The number of aromatic nitrogens is 4. The number of nitrogens with zero attached hydrogens (tertiary/aromatic N) is 4. The third-order valence-corrected chi connectivity index (χ3v) is 4.51. The van der Waals surface area contributed by atoms with Gasteiger partial charge in [-0.05, 0) is 49.9 Å². The highest BCUT2D eigenvalue weighted by Gasteiger charge is 2.27. The van der Waals surface area contributed by atoms with E-state index in [1.54, 1.807) is 0 Å². The Kier molecular flexibility index (Phi) is 4.23. The van der Waals surface area contributed by atoms with Crippen molar-refractivity contribution >= 4 is 28.4 Å². The van der Waals surface area contributed by atoms with E-state index < -0.39 is 0 Å². The van der Waals surface area contributed by atoms with Crippen molar-refractivity contribution in [1.82, 2.24) is 19.7 Å². The van der Waals surface area contributed by atoms with Crippen LogP contribution in [0.2, 0.25) is 0 Å². The van der Waals surface area contributed by atoms with E-state index in [4.69, 9.17) is 10.7 Å². The minimum absolute atomic E-state index is 0.597. The summed E-state index contributed by atoms with van der Waals surface area (Å²) in [6.45, 7) is 1.50. The molecule has 1 aliphatic carbocycles. The first kappa shape index (κ1) is 15.8. The molecule has 0 aliphatic heterocycles. The minimum atomic E-state index is 0.597. The number of anilines is 3. The second-order valence-corrected chi connectivity index (χ2v) is 6.51. The van der Waals surface area contributed by atoms with Crippen molar-refractivity contribution < 1.29 is 0 Å². The van der Waals surface area contributed by atoms with Gasteiger partial charge in [-0.1, -0.05) is 0 Å². The summed E-state index contributed by atoms with van der Waals surface area (Å²) in [5, 5.41) is 12.1. The van der Waals surface area contributed by atoms with Crippen LogP contribution in [0.3, 0.4) is 0 Å². The molecule has 0 radical (unpaired) electrons. The van der Waals surface area contributed by atoms with E-state index in [2.05, 4.69) is 26.8 Å². The molecule has 0 unspecified atom stereocenters. The average Bonchev–Trinajstić information content (AvgIpc) is 3.40. The molecule has 0 saturated heterocycles. The maximum atomic E-state index is 5.59. The van der Waals surface area contributed by atoms with E-state index in [1.807, 2.05) is 36.3 Å². The molecule has 3 aromatic rings. The summed E-state index contributed by atoms with van der Waals surface area (Å²) in [6.07, 6.45) is 7.17. The Balaban J connectivity index is 1.58. The number of rotatable bonds is 7. The fraction of sp³-hybridized carbons (Fsp3) is 0.389. The number of fused-ring (bicyclic) bond motifs is 1. The number of aryl methyl sites for hydroxylation is 1. The number of hydrogen-bond acceptors (Lipinski definition) is 6. The summed E-state index contributed by atoms with van der Waals surface area (Å²) in [6, 6.07) is 6.12. The van der Waals surface area contributed by atoms with Gasteiger partial charge in [-0.3, -0.25) is 4.68 Å². The monoisotopic (exact) mass is 337 g/mol. The number of hydrogen-bond donors (Lipinski definition) is 3. The van der Waals surface area contributed by atoms with Gasteiger partial charge < -0.3 is 16.4 Å². The average molecular weight is 337 g/mol. The summed E-state index contributed by atoms with van der Waals surface area (Å²) in [7, 11) is 1.94. The molecule has 0 amide bonds. The Morgan fingerprint density at radius 1 is 1.28 bits per heavy atom. The Morgan fingerprint density at radius 2 is 2.16 bits per heavy atom. The van der Waals surface area contributed by atoms with Gasteiger partial charge in [0, 0.05) is 36.4 Å². The largest absolute Gasteiger partial charge is 0.370 e. The maximum absolute atomic E-state index is 5.59. The zero-order valence-corrected chi connectivity index (χ0v) is 14.4. The highest BCUT2D eigenvalue weighted by Crippen LogP contribution is 2.42.